The lowest BCUT2D eigenvalue weighted by molar-refractivity contribution is -0.137. The van der Waals surface area contributed by atoms with E-state index in [9.17, 15) is 14.7 Å². The van der Waals surface area contributed by atoms with Crippen LogP contribution in [0.15, 0.2) is 97.1 Å². The molecule has 1 aromatic heterocycles. The molecule has 0 saturated heterocycles. The minimum Gasteiger partial charge on any atom is -0.495 e. The molecule has 0 aliphatic carbocycles. The lowest BCUT2D eigenvalue weighted by atomic mass is 10.0. The zero-order valence-corrected chi connectivity index (χ0v) is 21.9. The van der Waals surface area contributed by atoms with E-state index in [1.165, 1.54) is 7.11 Å². The number of urea groups is 1. The monoisotopic (exact) mass is 550 g/mol. The average molecular weight is 551 g/mol. The molecule has 0 aliphatic rings. The van der Waals surface area contributed by atoms with Crippen molar-refractivity contribution in [3.8, 4) is 17.5 Å². The second kappa shape index (κ2) is 12.4. The largest absolute Gasteiger partial charge is 0.495 e. The molecule has 0 spiro atoms. The topological polar surface area (TPSA) is 148 Å². The number of nitrogens with one attached hydrogen (secondary N) is 3. The number of rotatable bonds is 10. The molecule has 5 aromatic rings. The first-order chi connectivity index (χ1) is 20.0. The van der Waals surface area contributed by atoms with Crippen molar-refractivity contribution in [2.45, 2.75) is 12.5 Å². The van der Waals surface area contributed by atoms with Crippen LogP contribution in [0, 0.1) is 0 Å². The SMILES string of the molecule is COc1ccccc1NC(=O)Nc1nc(NC(CC(=O)O)c2ccccc2)nc(Oc2ccc3ccccc3c2)n1. The molecule has 2 amide bonds. The van der Waals surface area contributed by atoms with Crippen molar-refractivity contribution in [3.63, 3.8) is 0 Å². The van der Waals surface area contributed by atoms with Gasteiger partial charge >= 0.3 is 18.0 Å². The minimum absolute atomic E-state index is 0.0125. The fourth-order valence-corrected chi connectivity index (χ4v) is 4.13. The fraction of sp³-hybridized carbons (Fsp3) is 0.100. The Morgan fingerprint density at radius 2 is 1.51 bits per heavy atom. The molecule has 0 radical (unpaired) electrons. The Morgan fingerprint density at radius 3 is 2.29 bits per heavy atom. The van der Waals surface area contributed by atoms with E-state index in [0.717, 1.165) is 16.3 Å². The summed E-state index contributed by atoms with van der Waals surface area (Å²) >= 11 is 0. The number of carbonyl (C=O) groups excluding carboxylic acids is 1. The third kappa shape index (κ3) is 7.03. The van der Waals surface area contributed by atoms with Crippen LogP contribution < -0.4 is 25.4 Å². The first-order valence-electron chi connectivity index (χ1n) is 12.6. The van der Waals surface area contributed by atoms with Gasteiger partial charge in [0.2, 0.25) is 11.9 Å². The third-order valence-corrected chi connectivity index (χ3v) is 6.01. The number of aliphatic carboxylic acids is 1. The van der Waals surface area contributed by atoms with Gasteiger partial charge in [-0.3, -0.25) is 10.1 Å². The summed E-state index contributed by atoms with van der Waals surface area (Å²) in [7, 11) is 1.50. The molecule has 11 heteroatoms. The third-order valence-electron chi connectivity index (χ3n) is 6.01. The molecule has 1 heterocycles. The maximum Gasteiger partial charge on any atom is 0.328 e. The van der Waals surface area contributed by atoms with Crippen LogP contribution in [0.4, 0.5) is 22.4 Å². The second-order valence-electron chi connectivity index (χ2n) is 8.86. The number of methoxy groups -OCH3 is 1. The lowest BCUT2D eigenvalue weighted by Crippen LogP contribution is -2.22. The van der Waals surface area contributed by atoms with Crippen molar-refractivity contribution in [2.75, 3.05) is 23.1 Å². The number of anilines is 3. The maximum absolute atomic E-state index is 12.8. The molecule has 0 aliphatic heterocycles. The molecule has 1 atom stereocenters. The highest BCUT2D eigenvalue weighted by Gasteiger charge is 2.19. The number of hydrogen-bond acceptors (Lipinski definition) is 8. The lowest BCUT2D eigenvalue weighted by Gasteiger charge is -2.18. The first kappa shape index (κ1) is 26.9. The number of benzene rings is 4. The normalized spacial score (nSPS) is 11.3. The van der Waals surface area contributed by atoms with Gasteiger partial charge in [-0.25, -0.2) is 4.79 Å². The second-order valence-corrected chi connectivity index (χ2v) is 8.86. The van der Waals surface area contributed by atoms with Gasteiger partial charge < -0.3 is 25.2 Å². The number of aromatic nitrogens is 3. The molecular formula is C30H26N6O5. The predicted octanol–water partition coefficient (Wildman–Crippen LogP) is 6.10. The molecule has 11 nitrogen and oxygen atoms in total. The van der Waals surface area contributed by atoms with Crippen molar-refractivity contribution < 1.29 is 24.2 Å². The van der Waals surface area contributed by atoms with Crippen molar-refractivity contribution in [1.29, 1.82) is 0 Å². The van der Waals surface area contributed by atoms with Gasteiger partial charge in [0.05, 0.1) is 25.3 Å². The Morgan fingerprint density at radius 1 is 0.805 bits per heavy atom. The first-order valence-corrected chi connectivity index (χ1v) is 12.6. The number of ether oxygens (including phenoxy) is 2. The van der Waals surface area contributed by atoms with E-state index >= 15 is 0 Å². The Balaban J connectivity index is 1.45. The fourth-order valence-electron chi connectivity index (χ4n) is 4.13. The van der Waals surface area contributed by atoms with Crippen LogP contribution in [0.3, 0.4) is 0 Å². The minimum atomic E-state index is -1.01. The Kier molecular flexibility index (Phi) is 8.15. The predicted molar refractivity (Wildman–Crippen MR) is 155 cm³/mol. The summed E-state index contributed by atoms with van der Waals surface area (Å²) in [5.74, 6) is -0.176. The van der Waals surface area contributed by atoms with Gasteiger partial charge in [0.15, 0.2) is 0 Å². The highest BCUT2D eigenvalue weighted by Crippen LogP contribution is 2.27. The van der Waals surface area contributed by atoms with E-state index in [-0.39, 0.29) is 24.3 Å². The van der Waals surface area contributed by atoms with Gasteiger partial charge in [0, 0.05) is 0 Å². The van der Waals surface area contributed by atoms with E-state index in [1.807, 2.05) is 54.6 Å². The average Bonchev–Trinajstić information content (AvgIpc) is 2.97. The van der Waals surface area contributed by atoms with E-state index < -0.39 is 18.0 Å². The molecular weight excluding hydrogens is 524 g/mol. The van der Waals surface area contributed by atoms with Crippen LogP contribution in [0.2, 0.25) is 0 Å². The molecule has 41 heavy (non-hydrogen) atoms. The van der Waals surface area contributed by atoms with Crippen molar-refractivity contribution in [2.24, 2.45) is 0 Å². The molecule has 4 aromatic carbocycles. The molecule has 206 valence electrons. The van der Waals surface area contributed by atoms with Crippen LogP contribution in [0.1, 0.15) is 18.0 Å². The number of carboxylic acids is 1. The zero-order valence-electron chi connectivity index (χ0n) is 21.9. The summed E-state index contributed by atoms with van der Waals surface area (Å²) < 4.78 is 11.2. The number of nitrogens with zero attached hydrogens (tertiary/aromatic N) is 3. The van der Waals surface area contributed by atoms with Gasteiger partial charge in [-0.1, -0.05) is 72.8 Å². The molecule has 1 unspecified atom stereocenters. The van der Waals surface area contributed by atoms with E-state index in [4.69, 9.17) is 9.47 Å². The highest BCUT2D eigenvalue weighted by molar-refractivity contribution is 5.99. The maximum atomic E-state index is 12.8. The summed E-state index contributed by atoms with van der Waals surface area (Å²) in [6, 6.07) is 27.9. The summed E-state index contributed by atoms with van der Waals surface area (Å²) in [5, 5.41) is 19.8. The number of amides is 2. The summed E-state index contributed by atoms with van der Waals surface area (Å²) in [4.78, 5) is 37.4. The van der Waals surface area contributed by atoms with E-state index in [1.54, 1.807) is 42.5 Å². The Bertz CT molecular complexity index is 1680. The van der Waals surface area contributed by atoms with Crippen LogP contribution in [0.25, 0.3) is 10.8 Å². The number of hydrogen-bond donors (Lipinski definition) is 4. The van der Waals surface area contributed by atoms with E-state index in [2.05, 4.69) is 30.9 Å². The molecule has 0 fully saturated rings. The van der Waals surface area contributed by atoms with Crippen LogP contribution in [-0.2, 0) is 4.79 Å². The van der Waals surface area contributed by atoms with Crippen LogP contribution in [-0.4, -0.2) is 39.2 Å². The van der Waals surface area contributed by atoms with Gasteiger partial charge in [-0.05, 0) is 40.6 Å². The molecule has 0 saturated carbocycles. The Labute approximate surface area is 235 Å². The van der Waals surface area contributed by atoms with E-state index in [0.29, 0.717) is 17.2 Å². The Hall–Kier alpha value is -5.71. The number of fused-ring (bicyclic) bond motifs is 1. The van der Waals surface area contributed by atoms with Crippen molar-refractivity contribution in [1.82, 2.24) is 15.0 Å². The highest BCUT2D eigenvalue weighted by atomic mass is 16.5. The molecule has 5 rings (SSSR count). The quantitative estimate of drug-likeness (QED) is 0.162. The number of para-hydroxylation sites is 2. The van der Waals surface area contributed by atoms with Gasteiger partial charge in [-0.2, -0.15) is 15.0 Å². The van der Waals surface area contributed by atoms with Crippen LogP contribution >= 0.6 is 0 Å². The number of carbonyl (C=O) groups is 2. The standard InChI is InChI=1S/C30H26N6O5/c1-40-25-14-8-7-13-23(25)32-29(39)34-28-33-27(31-24(18-26(37)38)20-10-3-2-4-11-20)35-30(36-28)41-22-16-15-19-9-5-6-12-21(19)17-22/h2-17,24H,18H2,1H3,(H,37,38)(H3,31,32,33,34,35,36,39). The smallest absolute Gasteiger partial charge is 0.328 e. The zero-order chi connectivity index (χ0) is 28.6. The molecule has 0 bridgehead atoms. The summed E-state index contributed by atoms with van der Waals surface area (Å²) in [6.45, 7) is 0. The summed E-state index contributed by atoms with van der Waals surface area (Å²) in [5.41, 5.74) is 1.16. The number of carboxylic acid groups (broad SMARTS) is 1. The van der Waals surface area contributed by atoms with Gasteiger partial charge in [-0.15, -0.1) is 0 Å². The van der Waals surface area contributed by atoms with Crippen molar-refractivity contribution in [3.05, 3.63) is 103 Å². The van der Waals surface area contributed by atoms with Gasteiger partial charge in [0.25, 0.3) is 0 Å². The summed E-state index contributed by atoms with van der Waals surface area (Å²) in [6.07, 6.45) is -0.242. The van der Waals surface area contributed by atoms with Crippen LogP contribution in [0.5, 0.6) is 17.5 Å². The van der Waals surface area contributed by atoms with Gasteiger partial charge in [0.1, 0.15) is 11.5 Å². The van der Waals surface area contributed by atoms with Crippen molar-refractivity contribution >= 4 is 40.4 Å². The molecule has 4 N–H and O–H groups in total.